The lowest BCUT2D eigenvalue weighted by atomic mass is 10.1. The maximum atomic E-state index is 12.6. The summed E-state index contributed by atoms with van der Waals surface area (Å²) in [7, 11) is 0. The zero-order chi connectivity index (χ0) is 16.8. The van der Waals surface area contributed by atoms with E-state index in [4.69, 9.17) is 5.73 Å². The number of rotatable bonds is 6. The summed E-state index contributed by atoms with van der Waals surface area (Å²) in [5, 5.41) is 3.04. The normalized spacial score (nSPS) is 15.4. The summed E-state index contributed by atoms with van der Waals surface area (Å²) in [6.45, 7) is 4.26. The van der Waals surface area contributed by atoms with Gasteiger partial charge in [-0.2, -0.15) is 0 Å². The number of hydrogen-bond donors (Lipinski definition) is 2. The fourth-order valence-corrected chi connectivity index (χ4v) is 3.10. The van der Waals surface area contributed by atoms with Crippen LogP contribution >= 0.6 is 0 Å². The van der Waals surface area contributed by atoms with Crippen LogP contribution in [0.25, 0.3) is 5.69 Å². The number of carbonyl (C=O) groups excluding carboxylic acids is 1. The van der Waals surface area contributed by atoms with Crippen molar-refractivity contribution in [2.24, 2.45) is 5.73 Å². The molecule has 0 spiro atoms. The fraction of sp³-hybridized carbons (Fsp3) is 0.444. The molecule has 1 fully saturated rings. The summed E-state index contributed by atoms with van der Waals surface area (Å²) in [4.78, 5) is 19.2. The Bertz CT molecular complexity index is 676. The van der Waals surface area contributed by atoms with Crippen LogP contribution in [0.4, 0.5) is 0 Å². The Labute approximate surface area is 142 Å². The van der Waals surface area contributed by atoms with Crippen molar-refractivity contribution < 1.29 is 4.79 Å². The van der Waals surface area contributed by atoms with Crippen LogP contribution in [0.15, 0.2) is 36.8 Å². The smallest absolute Gasteiger partial charge is 0.253 e. The van der Waals surface area contributed by atoms with Gasteiger partial charge in [-0.3, -0.25) is 4.79 Å². The third-order valence-corrected chi connectivity index (χ3v) is 4.43. The van der Waals surface area contributed by atoms with Crippen molar-refractivity contribution in [3.05, 3.63) is 48.0 Å². The van der Waals surface area contributed by atoms with Crippen molar-refractivity contribution >= 4 is 5.91 Å². The van der Waals surface area contributed by atoms with E-state index >= 15 is 0 Å². The van der Waals surface area contributed by atoms with E-state index < -0.39 is 0 Å². The van der Waals surface area contributed by atoms with Gasteiger partial charge in [-0.1, -0.05) is 18.6 Å². The summed E-state index contributed by atoms with van der Waals surface area (Å²) in [6, 6.07) is 7.56. The fourth-order valence-electron chi connectivity index (χ4n) is 3.10. The molecule has 0 unspecified atom stereocenters. The quantitative estimate of drug-likeness (QED) is 0.844. The molecule has 2 aromatic rings. The van der Waals surface area contributed by atoms with Crippen molar-refractivity contribution in [2.75, 3.05) is 26.2 Å². The summed E-state index contributed by atoms with van der Waals surface area (Å²) in [6.07, 6.45) is 7.41. The third kappa shape index (κ3) is 4.01. The van der Waals surface area contributed by atoms with E-state index in [9.17, 15) is 4.79 Å². The van der Waals surface area contributed by atoms with Crippen LogP contribution in [0.3, 0.4) is 0 Å². The van der Waals surface area contributed by atoms with Crippen molar-refractivity contribution in [2.45, 2.75) is 25.8 Å². The van der Waals surface area contributed by atoms with Gasteiger partial charge in [-0.25, -0.2) is 4.98 Å². The molecule has 1 amide bonds. The van der Waals surface area contributed by atoms with Crippen LogP contribution in [0.1, 0.15) is 35.3 Å². The minimum absolute atomic E-state index is 0.0504. The summed E-state index contributed by atoms with van der Waals surface area (Å²) >= 11 is 0. The topological polar surface area (TPSA) is 76.2 Å². The highest BCUT2D eigenvalue weighted by atomic mass is 16.1. The van der Waals surface area contributed by atoms with Crippen LogP contribution in [-0.4, -0.2) is 46.5 Å². The molecule has 3 N–H and O–H groups in total. The molecule has 0 radical (unpaired) electrons. The van der Waals surface area contributed by atoms with E-state index in [0.29, 0.717) is 18.7 Å². The van der Waals surface area contributed by atoms with Crippen LogP contribution in [-0.2, 0) is 6.54 Å². The number of carbonyl (C=O) groups is 1. The number of imidazole rings is 1. The molecule has 1 aliphatic heterocycles. The summed E-state index contributed by atoms with van der Waals surface area (Å²) in [5.41, 5.74) is 7.89. The van der Waals surface area contributed by atoms with E-state index in [1.807, 2.05) is 35.0 Å². The van der Waals surface area contributed by atoms with Gasteiger partial charge in [0.25, 0.3) is 5.91 Å². The molecule has 1 aromatic heterocycles. The second kappa shape index (κ2) is 8.08. The zero-order valence-corrected chi connectivity index (χ0v) is 13.9. The molecule has 128 valence electrons. The molecule has 0 aliphatic carbocycles. The molecule has 24 heavy (non-hydrogen) atoms. The Morgan fingerprint density at radius 2 is 2.00 bits per heavy atom. The first-order valence-corrected chi connectivity index (χ1v) is 8.61. The Morgan fingerprint density at radius 3 is 2.75 bits per heavy atom. The highest BCUT2D eigenvalue weighted by Gasteiger charge is 2.14. The van der Waals surface area contributed by atoms with Gasteiger partial charge in [0, 0.05) is 25.8 Å². The number of likely N-dealkylation sites (tertiary alicyclic amines) is 1. The molecule has 0 atom stereocenters. The zero-order valence-electron chi connectivity index (χ0n) is 13.9. The van der Waals surface area contributed by atoms with E-state index in [1.165, 1.54) is 19.3 Å². The molecule has 3 rings (SSSR count). The van der Waals surface area contributed by atoms with Gasteiger partial charge in [0.2, 0.25) is 0 Å². The maximum absolute atomic E-state index is 12.6. The number of nitrogens with one attached hydrogen (secondary N) is 1. The van der Waals surface area contributed by atoms with E-state index in [0.717, 1.165) is 31.0 Å². The van der Waals surface area contributed by atoms with Crippen molar-refractivity contribution in [1.82, 2.24) is 19.8 Å². The highest BCUT2D eigenvalue weighted by molar-refractivity contribution is 5.97. The number of amides is 1. The molecule has 0 bridgehead atoms. The van der Waals surface area contributed by atoms with Gasteiger partial charge in [0.1, 0.15) is 0 Å². The molecule has 6 heteroatoms. The number of piperidine rings is 1. The maximum Gasteiger partial charge on any atom is 0.253 e. The summed E-state index contributed by atoms with van der Waals surface area (Å²) < 4.78 is 1.85. The predicted molar refractivity (Wildman–Crippen MR) is 94.1 cm³/mol. The lowest BCUT2D eigenvalue weighted by Crippen LogP contribution is -2.37. The minimum Gasteiger partial charge on any atom is -0.351 e. The first-order chi connectivity index (χ1) is 11.8. The average molecular weight is 327 g/mol. The standard InChI is InChI=1S/C18H25N5O/c19-12-15-13-23(14-21-15)17-7-3-2-6-16(17)18(24)20-8-11-22-9-4-1-5-10-22/h2-3,6-7,13-14H,1,4-5,8-12,19H2,(H,20,24). The average Bonchev–Trinajstić information content (AvgIpc) is 3.11. The molecular formula is C18H25N5O. The number of para-hydroxylation sites is 1. The van der Waals surface area contributed by atoms with E-state index in [2.05, 4.69) is 15.2 Å². The van der Waals surface area contributed by atoms with Crippen molar-refractivity contribution in [3.63, 3.8) is 0 Å². The first kappa shape index (κ1) is 16.7. The largest absolute Gasteiger partial charge is 0.351 e. The van der Waals surface area contributed by atoms with Crippen LogP contribution < -0.4 is 11.1 Å². The number of benzene rings is 1. The minimum atomic E-state index is -0.0504. The number of hydrogen-bond acceptors (Lipinski definition) is 4. The van der Waals surface area contributed by atoms with Gasteiger partial charge < -0.3 is 20.5 Å². The Kier molecular flexibility index (Phi) is 5.61. The molecule has 6 nitrogen and oxygen atoms in total. The van der Waals surface area contributed by atoms with E-state index in [1.54, 1.807) is 6.33 Å². The third-order valence-electron chi connectivity index (χ3n) is 4.43. The molecule has 2 heterocycles. The molecule has 1 saturated heterocycles. The number of nitrogens with zero attached hydrogens (tertiary/aromatic N) is 3. The highest BCUT2D eigenvalue weighted by Crippen LogP contribution is 2.15. The lowest BCUT2D eigenvalue weighted by Gasteiger charge is -2.26. The van der Waals surface area contributed by atoms with Gasteiger partial charge in [-0.15, -0.1) is 0 Å². The Hall–Kier alpha value is -2.18. The molecule has 1 aromatic carbocycles. The predicted octanol–water partition coefficient (Wildman–Crippen LogP) is 1.55. The summed E-state index contributed by atoms with van der Waals surface area (Å²) in [5.74, 6) is -0.0504. The number of nitrogens with two attached hydrogens (primary N) is 1. The Balaban J connectivity index is 1.64. The van der Waals surface area contributed by atoms with Gasteiger partial charge in [-0.05, 0) is 38.1 Å². The Morgan fingerprint density at radius 1 is 1.21 bits per heavy atom. The molecule has 0 saturated carbocycles. The van der Waals surface area contributed by atoms with Crippen LogP contribution in [0.2, 0.25) is 0 Å². The van der Waals surface area contributed by atoms with E-state index in [-0.39, 0.29) is 5.91 Å². The monoisotopic (exact) mass is 327 g/mol. The van der Waals surface area contributed by atoms with Gasteiger partial charge in [0.15, 0.2) is 0 Å². The second-order valence-corrected chi connectivity index (χ2v) is 6.15. The van der Waals surface area contributed by atoms with Crippen LogP contribution in [0.5, 0.6) is 0 Å². The van der Waals surface area contributed by atoms with Gasteiger partial charge >= 0.3 is 0 Å². The molecule has 1 aliphatic rings. The SMILES string of the molecule is NCc1cn(-c2ccccc2C(=O)NCCN2CCCCC2)cn1. The van der Waals surface area contributed by atoms with Crippen molar-refractivity contribution in [1.29, 1.82) is 0 Å². The van der Waals surface area contributed by atoms with Crippen LogP contribution in [0, 0.1) is 0 Å². The van der Waals surface area contributed by atoms with Gasteiger partial charge in [0.05, 0.1) is 23.3 Å². The second-order valence-electron chi connectivity index (χ2n) is 6.15. The molecular weight excluding hydrogens is 302 g/mol. The number of aromatic nitrogens is 2. The first-order valence-electron chi connectivity index (χ1n) is 8.61. The lowest BCUT2D eigenvalue weighted by molar-refractivity contribution is 0.0946. The van der Waals surface area contributed by atoms with Crippen molar-refractivity contribution in [3.8, 4) is 5.69 Å².